The van der Waals surface area contributed by atoms with Crippen LogP contribution in [-0.2, 0) is 9.53 Å². The molecule has 0 aromatic carbocycles. The molecule has 2 aliphatic rings. The van der Waals surface area contributed by atoms with Crippen LogP contribution in [0.5, 0.6) is 0 Å². The van der Waals surface area contributed by atoms with Gasteiger partial charge in [0.2, 0.25) is 0 Å². The highest BCUT2D eigenvalue weighted by molar-refractivity contribution is 5.76. The van der Waals surface area contributed by atoms with E-state index in [1.54, 1.807) is 0 Å². The third-order valence-electron chi connectivity index (χ3n) is 3.97. The topological polar surface area (TPSA) is 41.6 Å². The molecule has 2 atom stereocenters. The molecule has 0 aliphatic heterocycles. The van der Waals surface area contributed by atoms with Crippen LogP contribution in [0, 0.1) is 5.92 Å². The summed E-state index contributed by atoms with van der Waals surface area (Å²) in [6.45, 7) is 3.00. The second kappa shape index (κ2) is 5.36. The maximum atomic E-state index is 11.7. The van der Waals surface area contributed by atoms with Crippen LogP contribution in [0.15, 0.2) is 0 Å². The van der Waals surface area contributed by atoms with Gasteiger partial charge in [0.1, 0.15) is 6.04 Å². The number of methoxy groups -OCH3 is 1. The Labute approximate surface area is 104 Å². The summed E-state index contributed by atoms with van der Waals surface area (Å²) < 4.78 is 4.87. The van der Waals surface area contributed by atoms with Crippen molar-refractivity contribution in [1.82, 2.24) is 10.2 Å². The molecule has 17 heavy (non-hydrogen) atoms. The molecule has 2 saturated carbocycles. The van der Waals surface area contributed by atoms with E-state index >= 15 is 0 Å². The molecule has 0 spiro atoms. The summed E-state index contributed by atoms with van der Waals surface area (Å²) in [5.74, 6) is 0.700. The molecule has 4 heteroatoms. The molecule has 98 valence electrons. The summed E-state index contributed by atoms with van der Waals surface area (Å²) in [4.78, 5) is 14.0. The molecule has 0 aromatic heterocycles. The Balaban J connectivity index is 1.83. The first-order valence-electron chi connectivity index (χ1n) is 6.66. The van der Waals surface area contributed by atoms with Gasteiger partial charge in [-0.2, -0.15) is 0 Å². The zero-order valence-electron chi connectivity index (χ0n) is 11.1. The lowest BCUT2D eigenvalue weighted by molar-refractivity contribution is -0.143. The monoisotopic (exact) mass is 240 g/mol. The van der Waals surface area contributed by atoms with Gasteiger partial charge in [-0.1, -0.05) is 0 Å². The van der Waals surface area contributed by atoms with Crippen LogP contribution in [-0.4, -0.2) is 49.7 Å². The van der Waals surface area contributed by atoms with E-state index in [1.165, 1.54) is 32.8 Å². The standard InChI is InChI=1S/C13H24N2O2/c1-9(10-4-5-10)15(2)8-12(13(16)17-3)14-11-6-7-11/h9-12,14H,4-8H2,1-3H3. The van der Waals surface area contributed by atoms with Crippen molar-refractivity contribution in [3.8, 4) is 0 Å². The van der Waals surface area contributed by atoms with E-state index in [-0.39, 0.29) is 12.0 Å². The van der Waals surface area contributed by atoms with Crippen molar-refractivity contribution < 1.29 is 9.53 Å². The molecule has 2 aliphatic carbocycles. The number of hydrogen-bond acceptors (Lipinski definition) is 4. The second-order valence-corrected chi connectivity index (χ2v) is 5.53. The first-order chi connectivity index (χ1) is 8.11. The molecule has 0 radical (unpaired) electrons. The number of nitrogens with one attached hydrogen (secondary N) is 1. The highest BCUT2D eigenvalue weighted by atomic mass is 16.5. The van der Waals surface area contributed by atoms with Gasteiger partial charge in [0, 0.05) is 18.6 Å². The van der Waals surface area contributed by atoms with Crippen LogP contribution >= 0.6 is 0 Å². The fourth-order valence-electron chi connectivity index (χ4n) is 2.26. The molecule has 2 unspecified atom stereocenters. The van der Waals surface area contributed by atoms with Gasteiger partial charge < -0.3 is 15.0 Å². The molecule has 2 rings (SSSR count). The minimum atomic E-state index is -0.168. The fourth-order valence-corrected chi connectivity index (χ4v) is 2.26. The number of ether oxygens (including phenoxy) is 1. The maximum Gasteiger partial charge on any atom is 0.324 e. The fraction of sp³-hybridized carbons (Fsp3) is 0.923. The van der Waals surface area contributed by atoms with E-state index < -0.39 is 0 Å². The van der Waals surface area contributed by atoms with Gasteiger partial charge in [-0.25, -0.2) is 0 Å². The van der Waals surface area contributed by atoms with Gasteiger partial charge in [-0.15, -0.1) is 0 Å². The van der Waals surface area contributed by atoms with Crippen LogP contribution in [0.1, 0.15) is 32.6 Å². The second-order valence-electron chi connectivity index (χ2n) is 5.53. The number of esters is 1. The lowest BCUT2D eigenvalue weighted by Crippen LogP contribution is -2.49. The summed E-state index contributed by atoms with van der Waals surface area (Å²) in [7, 11) is 3.57. The van der Waals surface area contributed by atoms with Gasteiger partial charge in [0.25, 0.3) is 0 Å². The molecular weight excluding hydrogens is 216 g/mol. The Morgan fingerprint density at radius 3 is 2.53 bits per heavy atom. The molecular formula is C13H24N2O2. The maximum absolute atomic E-state index is 11.7. The molecule has 0 amide bonds. The van der Waals surface area contributed by atoms with E-state index in [2.05, 4.69) is 24.2 Å². The number of carbonyl (C=O) groups is 1. The van der Waals surface area contributed by atoms with Gasteiger partial charge in [-0.3, -0.25) is 4.79 Å². The largest absolute Gasteiger partial charge is 0.468 e. The Morgan fingerprint density at radius 2 is 2.06 bits per heavy atom. The molecule has 0 bridgehead atoms. The Hall–Kier alpha value is -0.610. The lowest BCUT2D eigenvalue weighted by Gasteiger charge is -2.28. The van der Waals surface area contributed by atoms with E-state index in [0.717, 1.165) is 12.5 Å². The van der Waals surface area contributed by atoms with Crippen molar-refractivity contribution >= 4 is 5.97 Å². The summed E-state index contributed by atoms with van der Waals surface area (Å²) >= 11 is 0. The van der Waals surface area contributed by atoms with Crippen molar-refractivity contribution in [1.29, 1.82) is 0 Å². The summed E-state index contributed by atoms with van der Waals surface area (Å²) in [6, 6.07) is 0.936. The van der Waals surface area contributed by atoms with E-state index in [9.17, 15) is 4.79 Å². The smallest absolute Gasteiger partial charge is 0.324 e. The van der Waals surface area contributed by atoms with Crippen LogP contribution in [0.4, 0.5) is 0 Å². The highest BCUT2D eigenvalue weighted by Gasteiger charge is 2.34. The Bertz CT molecular complexity index is 275. The molecule has 4 nitrogen and oxygen atoms in total. The van der Waals surface area contributed by atoms with Gasteiger partial charge in [0.15, 0.2) is 0 Å². The van der Waals surface area contributed by atoms with Gasteiger partial charge >= 0.3 is 5.97 Å². The van der Waals surface area contributed by atoms with Gasteiger partial charge in [-0.05, 0) is 45.6 Å². The van der Waals surface area contributed by atoms with E-state index in [1.807, 2.05) is 0 Å². The summed E-state index contributed by atoms with van der Waals surface area (Å²) in [5, 5.41) is 3.37. The molecule has 2 fully saturated rings. The highest BCUT2D eigenvalue weighted by Crippen LogP contribution is 2.34. The zero-order valence-corrected chi connectivity index (χ0v) is 11.1. The number of nitrogens with zero attached hydrogens (tertiary/aromatic N) is 1. The van der Waals surface area contributed by atoms with E-state index in [4.69, 9.17) is 4.74 Å². The predicted octanol–water partition coefficient (Wildman–Crippen LogP) is 1.01. The molecule has 1 N–H and O–H groups in total. The Kier molecular flexibility index (Phi) is 4.05. The van der Waals surface area contributed by atoms with Crippen molar-refractivity contribution in [3.63, 3.8) is 0 Å². The van der Waals surface area contributed by atoms with Crippen molar-refractivity contribution in [3.05, 3.63) is 0 Å². The number of likely N-dealkylation sites (N-methyl/N-ethyl adjacent to an activating group) is 1. The van der Waals surface area contributed by atoms with Crippen LogP contribution in [0.2, 0.25) is 0 Å². The van der Waals surface area contributed by atoms with Gasteiger partial charge in [0.05, 0.1) is 7.11 Å². The number of rotatable bonds is 7. The number of hydrogen-bond donors (Lipinski definition) is 1. The third-order valence-corrected chi connectivity index (χ3v) is 3.97. The van der Waals surface area contributed by atoms with E-state index in [0.29, 0.717) is 12.1 Å². The molecule has 0 saturated heterocycles. The first kappa shape index (κ1) is 12.8. The van der Waals surface area contributed by atoms with Crippen LogP contribution < -0.4 is 5.32 Å². The SMILES string of the molecule is COC(=O)C(CN(C)C(C)C1CC1)NC1CC1. The van der Waals surface area contributed by atoms with Crippen molar-refractivity contribution in [2.75, 3.05) is 20.7 Å². The Morgan fingerprint density at radius 1 is 1.41 bits per heavy atom. The van der Waals surface area contributed by atoms with Crippen LogP contribution in [0.3, 0.4) is 0 Å². The average Bonchev–Trinajstić information content (AvgIpc) is 3.16. The van der Waals surface area contributed by atoms with Crippen molar-refractivity contribution in [2.24, 2.45) is 5.92 Å². The normalized spacial score (nSPS) is 23.5. The zero-order chi connectivity index (χ0) is 12.4. The third kappa shape index (κ3) is 3.68. The predicted molar refractivity (Wildman–Crippen MR) is 66.8 cm³/mol. The lowest BCUT2D eigenvalue weighted by atomic mass is 10.1. The van der Waals surface area contributed by atoms with Crippen LogP contribution in [0.25, 0.3) is 0 Å². The summed E-state index contributed by atoms with van der Waals surface area (Å²) in [5.41, 5.74) is 0. The number of carbonyl (C=O) groups excluding carboxylic acids is 1. The molecule has 0 heterocycles. The van der Waals surface area contributed by atoms with Crippen molar-refractivity contribution in [2.45, 2.75) is 50.7 Å². The minimum absolute atomic E-state index is 0.133. The first-order valence-corrected chi connectivity index (χ1v) is 6.66. The average molecular weight is 240 g/mol. The quantitative estimate of drug-likeness (QED) is 0.674. The minimum Gasteiger partial charge on any atom is -0.468 e. The molecule has 0 aromatic rings. The summed E-state index contributed by atoms with van der Waals surface area (Å²) in [6.07, 6.45) is 5.06.